The Hall–Kier alpha value is -2.24. The lowest BCUT2D eigenvalue weighted by atomic mass is 9.99. The molecule has 19 heavy (non-hydrogen) atoms. The Bertz CT molecular complexity index is 512. The second-order valence-corrected chi connectivity index (χ2v) is 3.91. The molecule has 0 aromatic heterocycles. The quantitative estimate of drug-likeness (QED) is 0.662. The highest BCUT2D eigenvalue weighted by atomic mass is 16.7. The molecule has 0 bridgehead atoms. The van der Waals surface area contributed by atoms with Crippen LogP contribution in [0.4, 0.5) is 4.79 Å². The van der Waals surface area contributed by atoms with Crippen LogP contribution < -0.4 is 14.8 Å². The van der Waals surface area contributed by atoms with Crippen molar-refractivity contribution in [1.29, 1.82) is 0 Å². The van der Waals surface area contributed by atoms with Crippen molar-refractivity contribution in [2.45, 2.75) is 13.3 Å². The number of hydrogen-bond donors (Lipinski definition) is 1. The standard InChI is InChI=1S/C13H15NO5/c1-3-18-13(16)19-11-8-6-7-14-12(15)9(8)4-5-10(11)17-2/h4-5H,3,6-7H2,1-2H3,(H,14,15). The van der Waals surface area contributed by atoms with Crippen LogP contribution in [-0.2, 0) is 11.2 Å². The highest BCUT2D eigenvalue weighted by Crippen LogP contribution is 2.35. The van der Waals surface area contributed by atoms with Crippen molar-refractivity contribution < 1.29 is 23.8 Å². The average Bonchev–Trinajstić information content (AvgIpc) is 2.40. The van der Waals surface area contributed by atoms with Crippen LogP contribution >= 0.6 is 0 Å². The average molecular weight is 265 g/mol. The minimum absolute atomic E-state index is 0.183. The summed E-state index contributed by atoms with van der Waals surface area (Å²) in [4.78, 5) is 23.2. The SMILES string of the molecule is CCOC(=O)Oc1c(OC)ccc2c1CCNC2=O. The minimum atomic E-state index is -0.805. The smallest absolute Gasteiger partial charge is 0.493 e. The molecule has 1 amide bonds. The van der Waals surface area contributed by atoms with E-state index in [0.717, 1.165) is 0 Å². The van der Waals surface area contributed by atoms with E-state index in [-0.39, 0.29) is 18.3 Å². The first-order valence-electron chi connectivity index (χ1n) is 6.00. The number of ether oxygens (including phenoxy) is 3. The van der Waals surface area contributed by atoms with Gasteiger partial charge in [-0.15, -0.1) is 0 Å². The van der Waals surface area contributed by atoms with E-state index in [1.807, 2.05) is 0 Å². The maximum Gasteiger partial charge on any atom is 0.513 e. The number of hydrogen-bond acceptors (Lipinski definition) is 5. The molecule has 102 valence electrons. The van der Waals surface area contributed by atoms with Crippen LogP contribution in [0.25, 0.3) is 0 Å². The van der Waals surface area contributed by atoms with Gasteiger partial charge in [-0.3, -0.25) is 4.79 Å². The largest absolute Gasteiger partial charge is 0.513 e. The Kier molecular flexibility index (Phi) is 3.89. The number of fused-ring (bicyclic) bond motifs is 1. The van der Waals surface area contributed by atoms with Gasteiger partial charge in [0.2, 0.25) is 0 Å². The van der Waals surface area contributed by atoms with E-state index in [0.29, 0.717) is 29.8 Å². The van der Waals surface area contributed by atoms with Crippen LogP contribution in [0, 0.1) is 0 Å². The van der Waals surface area contributed by atoms with Crippen LogP contribution in [0.5, 0.6) is 11.5 Å². The summed E-state index contributed by atoms with van der Waals surface area (Å²) in [6.45, 7) is 2.40. The molecule has 0 aliphatic carbocycles. The number of benzene rings is 1. The van der Waals surface area contributed by atoms with Gasteiger partial charge >= 0.3 is 6.16 Å². The van der Waals surface area contributed by atoms with Crippen molar-refractivity contribution in [2.75, 3.05) is 20.3 Å². The van der Waals surface area contributed by atoms with E-state index in [4.69, 9.17) is 14.2 Å². The maximum atomic E-state index is 11.7. The van der Waals surface area contributed by atoms with Gasteiger partial charge in [0, 0.05) is 17.7 Å². The van der Waals surface area contributed by atoms with Crippen molar-refractivity contribution >= 4 is 12.1 Å². The van der Waals surface area contributed by atoms with E-state index in [9.17, 15) is 9.59 Å². The van der Waals surface area contributed by atoms with Crippen molar-refractivity contribution in [1.82, 2.24) is 5.32 Å². The number of methoxy groups -OCH3 is 1. The summed E-state index contributed by atoms with van der Waals surface area (Å²) < 4.78 is 15.1. The third-order valence-electron chi connectivity index (χ3n) is 2.80. The molecular formula is C13H15NO5. The van der Waals surface area contributed by atoms with Gasteiger partial charge in [0.1, 0.15) is 0 Å². The predicted octanol–water partition coefficient (Wildman–Crippen LogP) is 1.52. The van der Waals surface area contributed by atoms with Crippen LogP contribution in [0.1, 0.15) is 22.8 Å². The van der Waals surface area contributed by atoms with Crippen LogP contribution in [-0.4, -0.2) is 32.3 Å². The van der Waals surface area contributed by atoms with Crippen molar-refractivity contribution in [3.8, 4) is 11.5 Å². The molecule has 6 nitrogen and oxygen atoms in total. The lowest BCUT2D eigenvalue weighted by Gasteiger charge is -2.20. The fraction of sp³-hybridized carbons (Fsp3) is 0.385. The summed E-state index contributed by atoms with van der Waals surface area (Å²) in [7, 11) is 1.47. The van der Waals surface area contributed by atoms with Gasteiger partial charge in [-0.1, -0.05) is 0 Å². The fourth-order valence-corrected chi connectivity index (χ4v) is 1.97. The molecule has 1 N–H and O–H groups in total. The van der Waals surface area contributed by atoms with Crippen LogP contribution in [0.3, 0.4) is 0 Å². The highest BCUT2D eigenvalue weighted by molar-refractivity contribution is 5.98. The van der Waals surface area contributed by atoms with Crippen molar-refractivity contribution in [3.63, 3.8) is 0 Å². The summed E-state index contributed by atoms with van der Waals surface area (Å²) in [5.74, 6) is 0.479. The van der Waals surface area contributed by atoms with Gasteiger partial charge in [-0.05, 0) is 25.5 Å². The number of amides is 1. The maximum absolute atomic E-state index is 11.7. The Balaban J connectivity index is 2.41. The molecular weight excluding hydrogens is 250 g/mol. The molecule has 1 aromatic rings. The number of carbonyl (C=O) groups excluding carboxylic acids is 2. The first-order valence-corrected chi connectivity index (χ1v) is 6.00. The Labute approximate surface area is 110 Å². The van der Waals surface area contributed by atoms with E-state index in [1.165, 1.54) is 7.11 Å². The molecule has 6 heteroatoms. The van der Waals surface area contributed by atoms with E-state index >= 15 is 0 Å². The minimum Gasteiger partial charge on any atom is -0.493 e. The number of carbonyl (C=O) groups is 2. The molecule has 0 atom stereocenters. The van der Waals surface area contributed by atoms with Gasteiger partial charge in [-0.25, -0.2) is 4.79 Å². The second-order valence-electron chi connectivity index (χ2n) is 3.91. The normalized spacial score (nSPS) is 13.3. The van der Waals surface area contributed by atoms with Crippen LogP contribution in [0.2, 0.25) is 0 Å². The molecule has 0 fully saturated rings. The molecule has 1 aliphatic rings. The lowest BCUT2D eigenvalue weighted by Crippen LogP contribution is -2.32. The van der Waals surface area contributed by atoms with Gasteiger partial charge in [0.05, 0.1) is 13.7 Å². The zero-order valence-electron chi connectivity index (χ0n) is 10.8. The van der Waals surface area contributed by atoms with Crippen molar-refractivity contribution in [2.24, 2.45) is 0 Å². The summed E-state index contributed by atoms with van der Waals surface area (Å²) in [6, 6.07) is 3.25. The topological polar surface area (TPSA) is 73.9 Å². The van der Waals surface area contributed by atoms with Gasteiger partial charge in [-0.2, -0.15) is 0 Å². The molecule has 0 saturated heterocycles. The van der Waals surface area contributed by atoms with Gasteiger partial charge < -0.3 is 19.5 Å². The highest BCUT2D eigenvalue weighted by Gasteiger charge is 2.25. The van der Waals surface area contributed by atoms with Crippen molar-refractivity contribution in [3.05, 3.63) is 23.3 Å². The van der Waals surface area contributed by atoms with E-state index in [2.05, 4.69) is 5.32 Å². The summed E-state index contributed by atoms with van der Waals surface area (Å²) in [5.41, 5.74) is 1.16. The first kappa shape index (κ1) is 13.2. The molecule has 0 unspecified atom stereocenters. The molecule has 1 heterocycles. The number of nitrogens with one attached hydrogen (secondary N) is 1. The molecule has 0 radical (unpaired) electrons. The lowest BCUT2D eigenvalue weighted by molar-refractivity contribution is 0.0934. The zero-order valence-corrected chi connectivity index (χ0v) is 10.8. The molecule has 1 aromatic carbocycles. The van der Waals surface area contributed by atoms with Gasteiger partial charge in [0.15, 0.2) is 11.5 Å². The van der Waals surface area contributed by atoms with Gasteiger partial charge in [0.25, 0.3) is 5.91 Å². The third-order valence-corrected chi connectivity index (χ3v) is 2.80. The Morgan fingerprint density at radius 3 is 2.89 bits per heavy atom. The Morgan fingerprint density at radius 2 is 2.21 bits per heavy atom. The fourth-order valence-electron chi connectivity index (χ4n) is 1.97. The Morgan fingerprint density at radius 1 is 1.42 bits per heavy atom. The molecule has 2 rings (SSSR count). The molecule has 1 aliphatic heterocycles. The summed E-state index contributed by atoms with van der Waals surface area (Å²) in [6.07, 6.45) is -0.229. The predicted molar refractivity (Wildman–Crippen MR) is 66.7 cm³/mol. The first-order chi connectivity index (χ1) is 9.17. The summed E-state index contributed by atoms with van der Waals surface area (Å²) in [5, 5.41) is 2.73. The summed E-state index contributed by atoms with van der Waals surface area (Å²) >= 11 is 0. The second kappa shape index (κ2) is 5.60. The third kappa shape index (κ3) is 2.62. The molecule has 0 spiro atoms. The van der Waals surface area contributed by atoms with Crippen LogP contribution in [0.15, 0.2) is 12.1 Å². The molecule has 0 saturated carbocycles. The van der Waals surface area contributed by atoms with E-state index < -0.39 is 6.16 Å². The number of rotatable bonds is 3. The monoisotopic (exact) mass is 265 g/mol. The van der Waals surface area contributed by atoms with E-state index in [1.54, 1.807) is 19.1 Å². The zero-order chi connectivity index (χ0) is 13.8.